The van der Waals surface area contributed by atoms with Crippen molar-refractivity contribution >= 4 is 5.76 Å². The summed E-state index contributed by atoms with van der Waals surface area (Å²) in [4.78, 5) is 4.35. The first-order valence-corrected chi connectivity index (χ1v) is 5.60. The molecule has 1 unspecified atom stereocenters. The van der Waals surface area contributed by atoms with E-state index in [0.717, 1.165) is 5.56 Å². The molecule has 0 amide bonds. The lowest BCUT2D eigenvalue weighted by molar-refractivity contribution is -0.274. The van der Waals surface area contributed by atoms with Gasteiger partial charge in [0.25, 0.3) is 0 Å². The SMILES string of the molecule is [O-]/C(=C\C(OO)c1ccccc1)c1ccccc1. The van der Waals surface area contributed by atoms with Crippen molar-refractivity contribution in [2.24, 2.45) is 0 Å². The van der Waals surface area contributed by atoms with Crippen LogP contribution in [0.3, 0.4) is 0 Å². The maximum absolute atomic E-state index is 11.9. The molecule has 18 heavy (non-hydrogen) atoms. The van der Waals surface area contributed by atoms with Gasteiger partial charge in [-0.15, -0.1) is 5.76 Å². The molecule has 3 nitrogen and oxygen atoms in total. The maximum Gasteiger partial charge on any atom is 0.136 e. The van der Waals surface area contributed by atoms with Crippen LogP contribution in [-0.2, 0) is 4.89 Å². The zero-order valence-corrected chi connectivity index (χ0v) is 9.69. The van der Waals surface area contributed by atoms with Gasteiger partial charge in [0.15, 0.2) is 0 Å². The van der Waals surface area contributed by atoms with E-state index in [1.807, 2.05) is 24.3 Å². The van der Waals surface area contributed by atoms with E-state index in [0.29, 0.717) is 5.56 Å². The minimum atomic E-state index is -0.751. The molecule has 0 aromatic heterocycles. The number of rotatable bonds is 4. The number of hydrogen-bond donors (Lipinski definition) is 1. The van der Waals surface area contributed by atoms with Gasteiger partial charge in [-0.3, -0.25) is 5.26 Å². The number of hydrogen-bond acceptors (Lipinski definition) is 3. The van der Waals surface area contributed by atoms with Crippen LogP contribution >= 0.6 is 0 Å². The summed E-state index contributed by atoms with van der Waals surface area (Å²) in [6.07, 6.45) is 0.601. The average molecular weight is 241 g/mol. The molecule has 0 heterocycles. The predicted octanol–water partition coefficient (Wildman–Crippen LogP) is 2.62. The lowest BCUT2D eigenvalue weighted by Crippen LogP contribution is -2.07. The van der Waals surface area contributed by atoms with Crippen molar-refractivity contribution < 1.29 is 15.3 Å². The normalized spacial score (nSPS) is 13.3. The Hall–Kier alpha value is -2.10. The Bertz CT molecular complexity index is 506. The van der Waals surface area contributed by atoms with Crippen molar-refractivity contribution in [3.63, 3.8) is 0 Å². The second-order valence-electron chi connectivity index (χ2n) is 3.83. The summed E-state index contributed by atoms with van der Waals surface area (Å²) in [6, 6.07) is 17.9. The van der Waals surface area contributed by atoms with Crippen LogP contribution in [0.2, 0.25) is 0 Å². The van der Waals surface area contributed by atoms with Crippen molar-refractivity contribution in [1.82, 2.24) is 0 Å². The Morgan fingerprint density at radius 2 is 1.56 bits per heavy atom. The van der Waals surface area contributed by atoms with Gasteiger partial charge in [-0.25, -0.2) is 4.89 Å². The quantitative estimate of drug-likeness (QED) is 0.508. The summed E-state index contributed by atoms with van der Waals surface area (Å²) >= 11 is 0. The van der Waals surface area contributed by atoms with Crippen LogP contribution in [0.4, 0.5) is 0 Å². The second-order valence-corrected chi connectivity index (χ2v) is 3.83. The van der Waals surface area contributed by atoms with E-state index in [-0.39, 0.29) is 5.76 Å². The zero-order valence-electron chi connectivity index (χ0n) is 9.69. The molecule has 0 radical (unpaired) electrons. The van der Waals surface area contributed by atoms with Gasteiger partial charge in [-0.05, 0) is 11.1 Å². The fourth-order valence-corrected chi connectivity index (χ4v) is 1.67. The highest BCUT2D eigenvalue weighted by Crippen LogP contribution is 2.20. The highest BCUT2D eigenvalue weighted by atomic mass is 17.1. The molecule has 0 aliphatic carbocycles. The summed E-state index contributed by atoms with van der Waals surface area (Å²) in [6.45, 7) is 0. The third-order valence-electron chi connectivity index (χ3n) is 2.60. The van der Waals surface area contributed by atoms with Gasteiger partial charge >= 0.3 is 0 Å². The van der Waals surface area contributed by atoms with Crippen LogP contribution in [0.15, 0.2) is 66.7 Å². The van der Waals surface area contributed by atoms with E-state index >= 15 is 0 Å². The van der Waals surface area contributed by atoms with E-state index in [2.05, 4.69) is 4.89 Å². The summed E-state index contributed by atoms with van der Waals surface area (Å²) in [5, 5.41) is 20.8. The second kappa shape index (κ2) is 6.00. The molecule has 2 aromatic rings. The molecule has 0 saturated carbocycles. The van der Waals surface area contributed by atoms with Crippen molar-refractivity contribution in [1.29, 1.82) is 0 Å². The third kappa shape index (κ3) is 2.97. The van der Waals surface area contributed by atoms with E-state index in [4.69, 9.17) is 5.26 Å². The minimum absolute atomic E-state index is 0.182. The van der Waals surface area contributed by atoms with Gasteiger partial charge in [-0.2, -0.15) is 0 Å². The Morgan fingerprint density at radius 1 is 1.00 bits per heavy atom. The number of benzene rings is 2. The first kappa shape index (κ1) is 12.4. The predicted molar refractivity (Wildman–Crippen MR) is 67.3 cm³/mol. The molecule has 0 aliphatic rings. The molecule has 2 aromatic carbocycles. The van der Waals surface area contributed by atoms with E-state index < -0.39 is 6.10 Å². The summed E-state index contributed by atoms with van der Waals surface area (Å²) in [5.41, 5.74) is 1.29. The van der Waals surface area contributed by atoms with Crippen LogP contribution < -0.4 is 5.11 Å². The van der Waals surface area contributed by atoms with Gasteiger partial charge in [-0.1, -0.05) is 66.7 Å². The molecule has 92 valence electrons. The van der Waals surface area contributed by atoms with Gasteiger partial charge in [0, 0.05) is 0 Å². The topological polar surface area (TPSA) is 52.5 Å². The Balaban J connectivity index is 2.25. The maximum atomic E-state index is 11.9. The van der Waals surface area contributed by atoms with Gasteiger partial charge in [0.05, 0.1) is 0 Å². The lowest BCUT2D eigenvalue weighted by Gasteiger charge is -2.16. The lowest BCUT2D eigenvalue weighted by atomic mass is 10.1. The molecule has 1 atom stereocenters. The summed E-state index contributed by atoms with van der Waals surface area (Å²) < 4.78 is 0. The Morgan fingerprint density at radius 3 is 2.11 bits per heavy atom. The molecule has 0 bridgehead atoms. The van der Waals surface area contributed by atoms with Crippen molar-refractivity contribution in [3.05, 3.63) is 77.9 Å². The van der Waals surface area contributed by atoms with Crippen molar-refractivity contribution in [3.8, 4) is 0 Å². The minimum Gasteiger partial charge on any atom is -0.872 e. The van der Waals surface area contributed by atoms with Crippen LogP contribution in [0.5, 0.6) is 0 Å². The molecular weight excluding hydrogens is 228 g/mol. The van der Waals surface area contributed by atoms with Crippen molar-refractivity contribution in [2.75, 3.05) is 0 Å². The van der Waals surface area contributed by atoms with Crippen LogP contribution in [0.25, 0.3) is 5.76 Å². The molecule has 3 heteroatoms. The molecule has 0 aliphatic heterocycles. The molecule has 0 fully saturated rings. The molecular formula is C15H13O3-. The first-order chi connectivity index (χ1) is 8.81. The molecule has 0 saturated heterocycles. The van der Waals surface area contributed by atoms with E-state index in [9.17, 15) is 5.11 Å². The van der Waals surface area contributed by atoms with Crippen molar-refractivity contribution in [2.45, 2.75) is 6.10 Å². The van der Waals surface area contributed by atoms with Gasteiger partial charge in [0.1, 0.15) is 6.10 Å². The monoisotopic (exact) mass is 241 g/mol. The van der Waals surface area contributed by atoms with E-state index in [1.165, 1.54) is 6.08 Å². The largest absolute Gasteiger partial charge is 0.872 e. The first-order valence-electron chi connectivity index (χ1n) is 5.60. The fraction of sp³-hybridized carbons (Fsp3) is 0.0667. The Kier molecular flexibility index (Phi) is 4.12. The van der Waals surface area contributed by atoms with Crippen LogP contribution in [-0.4, -0.2) is 5.26 Å². The van der Waals surface area contributed by atoms with Gasteiger partial charge < -0.3 is 5.11 Å². The zero-order chi connectivity index (χ0) is 12.8. The Labute approximate surface area is 106 Å². The van der Waals surface area contributed by atoms with Crippen LogP contribution in [0.1, 0.15) is 17.2 Å². The highest BCUT2D eigenvalue weighted by Gasteiger charge is 2.07. The summed E-state index contributed by atoms with van der Waals surface area (Å²) in [5.74, 6) is -0.182. The molecule has 2 rings (SSSR count). The smallest absolute Gasteiger partial charge is 0.136 e. The molecule has 1 N–H and O–H groups in total. The van der Waals surface area contributed by atoms with E-state index in [1.54, 1.807) is 36.4 Å². The summed E-state index contributed by atoms with van der Waals surface area (Å²) in [7, 11) is 0. The average Bonchev–Trinajstić information content (AvgIpc) is 2.46. The highest BCUT2D eigenvalue weighted by molar-refractivity contribution is 5.57. The van der Waals surface area contributed by atoms with Gasteiger partial charge in [0.2, 0.25) is 0 Å². The molecule has 0 spiro atoms. The van der Waals surface area contributed by atoms with Crippen LogP contribution in [0, 0.1) is 0 Å². The third-order valence-corrected chi connectivity index (χ3v) is 2.60. The fourth-order valence-electron chi connectivity index (χ4n) is 1.67. The standard InChI is InChI=1S/C15H14O3/c16-14(12-7-3-1-4-8-12)11-15(18-17)13-9-5-2-6-10-13/h1-11,15-17H/p-1/b14-11-.